The average Bonchev–Trinajstić information content (AvgIpc) is 3.18. The van der Waals surface area contributed by atoms with Crippen molar-refractivity contribution < 1.29 is 19.1 Å². The number of nitrogens with one attached hydrogen (secondary N) is 2. The van der Waals surface area contributed by atoms with Gasteiger partial charge in [-0.15, -0.1) is 0 Å². The van der Waals surface area contributed by atoms with Gasteiger partial charge in [-0.05, 0) is 62.5 Å². The molecule has 2 unspecified atom stereocenters. The Bertz CT molecular complexity index is 677. The summed E-state index contributed by atoms with van der Waals surface area (Å²) in [5, 5.41) is 6.15. The summed E-state index contributed by atoms with van der Waals surface area (Å²) in [6.07, 6.45) is 5.55. The van der Waals surface area contributed by atoms with E-state index in [-0.39, 0.29) is 17.9 Å². The van der Waals surface area contributed by atoms with E-state index in [9.17, 15) is 14.4 Å². The van der Waals surface area contributed by atoms with Crippen LogP contribution in [0.2, 0.25) is 5.02 Å². The van der Waals surface area contributed by atoms with Gasteiger partial charge in [-0.2, -0.15) is 11.8 Å². The second-order valence-corrected chi connectivity index (χ2v) is 8.31. The van der Waals surface area contributed by atoms with E-state index in [0.29, 0.717) is 22.8 Å². The summed E-state index contributed by atoms with van der Waals surface area (Å²) < 4.78 is 5.34. The monoisotopic (exact) mass is 426 g/mol. The molecule has 0 aliphatic heterocycles. The Hall–Kier alpha value is -1.73. The molecule has 0 radical (unpaired) electrons. The fourth-order valence-electron chi connectivity index (χ4n) is 3.03. The predicted octanol–water partition coefficient (Wildman–Crippen LogP) is 3.18. The average molecular weight is 427 g/mol. The van der Waals surface area contributed by atoms with Gasteiger partial charge in [0, 0.05) is 16.6 Å². The Morgan fingerprint density at radius 1 is 1.21 bits per heavy atom. The second kappa shape index (κ2) is 11.3. The smallest absolute Gasteiger partial charge is 0.329 e. The van der Waals surface area contributed by atoms with Crippen molar-refractivity contribution in [3.05, 3.63) is 34.9 Å². The van der Waals surface area contributed by atoms with E-state index in [2.05, 4.69) is 10.6 Å². The van der Waals surface area contributed by atoms with E-state index in [1.807, 2.05) is 6.26 Å². The Morgan fingerprint density at radius 3 is 2.46 bits per heavy atom. The van der Waals surface area contributed by atoms with Gasteiger partial charge in [-0.25, -0.2) is 4.79 Å². The zero-order valence-corrected chi connectivity index (χ0v) is 17.8. The molecule has 1 aromatic rings. The van der Waals surface area contributed by atoms with Crippen molar-refractivity contribution in [2.24, 2.45) is 0 Å². The standard InChI is InChI=1S/C20H27ClN2O4S/c1-13(18(24)22-16-5-3-4-6-16)27-20(26)17(11-12-28-2)23-19(25)14-7-9-15(21)10-8-14/h7-10,13,16-17H,3-6,11-12H2,1-2H3,(H,22,24)(H,23,25). The molecule has 28 heavy (non-hydrogen) atoms. The van der Waals surface area contributed by atoms with Crippen LogP contribution < -0.4 is 10.6 Å². The first-order valence-corrected chi connectivity index (χ1v) is 11.2. The Labute approximate surface area is 175 Å². The minimum Gasteiger partial charge on any atom is -0.451 e. The van der Waals surface area contributed by atoms with Gasteiger partial charge in [0.15, 0.2) is 6.10 Å². The molecule has 0 spiro atoms. The number of ether oxygens (including phenoxy) is 1. The molecule has 2 N–H and O–H groups in total. The van der Waals surface area contributed by atoms with E-state index in [0.717, 1.165) is 25.7 Å². The number of rotatable bonds is 9. The van der Waals surface area contributed by atoms with Gasteiger partial charge < -0.3 is 15.4 Å². The molecule has 1 aliphatic carbocycles. The molecule has 2 rings (SSSR count). The third-order valence-corrected chi connectivity index (χ3v) is 5.57. The molecular formula is C20H27ClN2O4S. The van der Waals surface area contributed by atoms with E-state index in [4.69, 9.17) is 16.3 Å². The third kappa shape index (κ3) is 7.02. The van der Waals surface area contributed by atoms with Crippen molar-refractivity contribution in [2.75, 3.05) is 12.0 Å². The van der Waals surface area contributed by atoms with Crippen LogP contribution in [0.15, 0.2) is 24.3 Å². The molecule has 2 atom stereocenters. The number of carbonyl (C=O) groups is 3. The van der Waals surface area contributed by atoms with Gasteiger partial charge in [0.2, 0.25) is 0 Å². The van der Waals surface area contributed by atoms with Gasteiger partial charge in [-0.1, -0.05) is 24.4 Å². The highest BCUT2D eigenvalue weighted by atomic mass is 35.5. The Morgan fingerprint density at radius 2 is 1.86 bits per heavy atom. The Kier molecular flexibility index (Phi) is 9.12. The Balaban J connectivity index is 1.94. The number of carbonyl (C=O) groups excluding carboxylic acids is 3. The largest absolute Gasteiger partial charge is 0.451 e. The van der Waals surface area contributed by atoms with Crippen molar-refractivity contribution in [1.82, 2.24) is 10.6 Å². The number of hydrogen-bond donors (Lipinski definition) is 2. The van der Waals surface area contributed by atoms with Crippen LogP contribution in [-0.4, -0.2) is 48.0 Å². The normalized spacial score (nSPS) is 16.2. The van der Waals surface area contributed by atoms with E-state index in [1.54, 1.807) is 43.0 Å². The molecule has 154 valence electrons. The molecular weight excluding hydrogens is 400 g/mol. The third-order valence-electron chi connectivity index (χ3n) is 4.67. The lowest BCUT2D eigenvalue weighted by molar-refractivity contribution is -0.156. The highest BCUT2D eigenvalue weighted by molar-refractivity contribution is 7.98. The van der Waals surface area contributed by atoms with Crippen molar-refractivity contribution in [3.8, 4) is 0 Å². The van der Waals surface area contributed by atoms with Gasteiger partial charge in [-0.3, -0.25) is 9.59 Å². The maximum atomic E-state index is 12.6. The molecule has 1 fully saturated rings. The quantitative estimate of drug-likeness (QED) is 0.592. The molecule has 0 saturated heterocycles. The number of hydrogen-bond acceptors (Lipinski definition) is 5. The summed E-state index contributed by atoms with van der Waals surface area (Å²) in [5.41, 5.74) is 0.401. The van der Waals surface area contributed by atoms with Crippen molar-refractivity contribution >= 4 is 41.1 Å². The second-order valence-electron chi connectivity index (χ2n) is 6.88. The maximum absolute atomic E-state index is 12.6. The number of benzene rings is 1. The fraction of sp³-hybridized carbons (Fsp3) is 0.550. The van der Waals surface area contributed by atoms with Crippen LogP contribution in [0.5, 0.6) is 0 Å². The maximum Gasteiger partial charge on any atom is 0.329 e. The first-order chi connectivity index (χ1) is 13.4. The van der Waals surface area contributed by atoms with Crippen LogP contribution in [0, 0.1) is 0 Å². The first kappa shape index (κ1) is 22.6. The minimum absolute atomic E-state index is 0.158. The predicted molar refractivity (Wildman–Crippen MR) is 112 cm³/mol. The van der Waals surface area contributed by atoms with Gasteiger partial charge in [0.1, 0.15) is 6.04 Å². The number of esters is 1. The number of halogens is 1. The van der Waals surface area contributed by atoms with Crippen LogP contribution in [0.3, 0.4) is 0 Å². The lowest BCUT2D eigenvalue weighted by atomic mass is 10.1. The molecule has 8 heteroatoms. The molecule has 0 bridgehead atoms. The SMILES string of the molecule is CSCCC(NC(=O)c1ccc(Cl)cc1)C(=O)OC(C)C(=O)NC1CCCC1. The molecule has 0 aromatic heterocycles. The summed E-state index contributed by atoms with van der Waals surface area (Å²) >= 11 is 7.41. The van der Waals surface area contributed by atoms with Crippen LogP contribution in [-0.2, 0) is 14.3 Å². The van der Waals surface area contributed by atoms with Crippen LogP contribution in [0.25, 0.3) is 0 Å². The molecule has 6 nitrogen and oxygen atoms in total. The lowest BCUT2D eigenvalue weighted by Gasteiger charge is -2.21. The van der Waals surface area contributed by atoms with Gasteiger partial charge >= 0.3 is 5.97 Å². The van der Waals surface area contributed by atoms with Crippen LogP contribution >= 0.6 is 23.4 Å². The van der Waals surface area contributed by atoms with E-state index in [1.165, 1.54) is 0 Å². The highest BCUT2D eigenvalue weighted by Gasteiger charge is 2.28. The van der Waals surface area contributed by atoms with Crippen molar-refractivity contribution in [2.45, 2.75) is 57.2 Å². The highest BCUT2D eigenvalue weighted by Crippen LogP contribution is 2.18. The number of amides is 2. The van der Waals surface area contributed by atoms with E-state index < -0.39 is 18.1 Å². The molecule has 2 amide bonds. The zero-order chi connectivity index (χ0) is 20.5. The summed E-state index contributed by atoms with van der Waals surface area (Å²) in [5.74, 6) is -0.621. The first-order valence-electron chi connectivity index (χ1n) is 9.47. The summed E-state index contributed by atoms with van der Waals surface area (Å²) in [6.45, 7) is 1.55. The van der Waals surface area contributed by atoms with Crippen molar-refractivity contribution in [3.63, 3.8) is 0 Å². The minimum atomic E-state index is -0.905. The summed E-state index contributed by atoms with van der Waals surface area (Å²) in [4.78, 5) is 37.3. The number of thioether (sulfide) groups is 1. The lowest BCUT2D eigenvalue weighted by Crippen LogP contribution is -2.46. The summed E-state index contributed by atoms with van der Waals surface area (Å²) in [7, 11) is 0. The van der Waals surface area contributed by atoms with Crippen LogP contribution in [0.4, 0.5) is 0 Å². The molecule has 1 aromatic carbocycles. The van der Waals surface area contributed by atoms with E-state index >= 15 is 0 Å². The molecule has 1 aliphatic rings. The van der Waals surface area contributed by atoms with Crippen molar-refractivity contribution in [1.29, 1.82) is 0 Å². The van der Waals surface area contributed by atoms with Gasteiger partial charge in [0.05, 0.1) is 0 Å². The topological polar surface area (TPSA) is 84.5 Å². The van der Waals surface area contributed by atoms with Crippen LogP contribution in [0.1, 0.15) is 49.4 Å². The fourth-order valence-corrected chi connectivity index (χ4v) is 3.62. The summed E-state index contributed by atoms with van der Waals surface area (Å²) in [6, 6.07) is 5.74. The molecule has 0 heterocycles. The molecule has 1 saturated carbocycles. The van der Waals surface area contributed by atoms with Gasteiger partial charge in [0.25, 0.3) is 11.8 Å². The zero-order valence-electron chi connectivity index (χ0n) is 16.2.